The fraction of sp³-hybridized carbons (Fsp3) is 0.167. The van der Waals surface area contributed by atoms with Crippen LogP contribution in [0.3, 0.4) is 0 Å². The monoisotopic (exact) mass is 373 g/mol. The van der Waals surface area contributed by atoms with Crippen LogP contribution in [0.1, 0.15) is 12.5 Å². The number of benzene rings is 2. The summed E-state index contributed by atoms with van der Waals surface area (Å²) < 4.78 is 10.3. The van der Waals surface area contributed by atoms with E-state index in [0.29, 0.717) is 16.6 Å². The first-order valence-electron chi connectivity index (χ1n) is 7.68. The normalized spacial score (nSPS) is 10.8. The third-order valence-electron chi connectivity index (χ3n) is 3.29. The number of ether oxygens (including phenoxy) is 2. The SMILES string of the molecule is COc1ccc(NC(=S)N/N=C(/C)c2cccc(OCC(=O)O)c2)cc1. The Bertz CT molecular complexity index is 806. The number of carboxylic acids is 1. The van der Waals surface area contributed by atoms with Crippen molar-refractivity contribution in [2.24, 2.45) is 5.10 Å². The Balaban J connectivity index is 1.94. The van der Waals surface area contributed by atoms with Crippen LogP contribution < -0.4 is 20.2 Å². The fourth-order valence-electron chi connectivity index (χ4n) is 1.99. The highest BCUT2D eigenvalue weighted by atomic mass is 32.1. The summed E-state index contributed by atoms with van der Waals surface area (Å²) in [7, 11) is 1.60. The average molecular weight is 373 g/mol. The summed E-state index contributed by atoms with van der Waals surface area (Å²) in [5, 5.41) is 16.2. The van der Waals surface area contributed by atoms with Crippen molar-refractivity contribution in [3.8, 4) is 11.5 Å². The van der Waals surface area contributed by atoms with Gasteiger partial charge in [-0.25, -0.2) is 4.79 Å². The largest absolute Gasteiger partial charge is 0.497 e. The second kappa shape index (κ2) is 9.38. The summed E-state index contributed by atoms with van der Waals surface area (Å²) in [6.07, 6.45) is 0. The van der Waals surface area contributed by atoms with E-state index in [4.69, 9.17) is 26.8 Å². The number of anilines is 1. The summed E-state index contributed by atoms with van der Waals surface area (Å²) in [6, 6.07) is 14.3. The molecule has 0 fully saturated rings. The second-order valence-corrected chi connectivity index (χ2v) is 5.61. The molecule has 26 heavy (non-hydrogen) atoms. The van der Waals surface area contributed by atoms with Gasteiger partial charge in [-0.3, -0.25) is 5.43 Å². The van der Waals surface area contributed by atoms with Crippen molar-refractivity contribution in [3.05, 3.63) is 54.1 Å². The Morgan fingerprint density at radius 1 is 1.19 bits per heavy atom. The zero-order valence-corrected chi connectivity index (χ0v) is 15.2. The van der Waals surface area contributed by atoms with Crippen LogP contribution in [0.25, 0.3) is 0 Å². The molecule has 8 heteroatoms. The molecule has 0 amide bonds. The molecule has 3 N–H and O–H groups in total. The summed E-state index contributed by atoms with van der Waals surface area (Å²) in [4.78, 5) is 10.6. The van der Waals surface area contributed by atoms with Gasteiger partial charge >= 0.3 is 5.97 Å². The minimum atomic E-state index is -1.03. The molecule has 0 aromatic heterocycles. The molecule has 0 unspecified atom stereocenters. The Morgan fingerprint density at radius 3 is 2.58 bits per heavy atom. The second-order valence-electron chi connectivity index (χ2n) is 5.20. The standard InChI is InChI=1S/C18H19N3O4S/c1-12(13-4-3-5-16(10-13)25-11-17(22)23)20-21-18(26)19-14-6-8-15(24-2)9-7-14/h3-10H,11H2,1-2H3,(H,22,23)(H2,19,21,26)/b20-12-. The molecule has 2 aromatic rings. The van der Waals surface area contributed by atoms with Crippen molar-refractivity contribution in [2.45, 2.75) is 6.92 Å². The first kappa shape index (κ1) is 19.2. The van der Waals surface area contributed by atoms with Crippen LogP contribution in [0.5, 0.6) is 11.5 Å². The Morgan fingerprint density at radius 2 is 1.92 bits per heavy atom. The Kier molecular flexibility index (Phi) is 6.92. The molecule has 2 aromatic carbocycles. The van der Waals surface area contributed by atoms with Crippen molar-refractivity contribution >= 4 is 34.7 Å². The van der Waals surface area contributed by atoms with E-state index in [0.717, 1.165) is 17.0 Å². The Hall–Kier alpha value is -3.13. The highest BCUT2D eigenvalue weighted by Crippen LogP contribution is 2.15. The van der Waals surface area contributed by atoms with Gasteiger partial charge in [-0.05, 0) is 55.5 Å². The number of thiocarbonyl (C=S) groups is 1. The molecule has 136 valence electrons. The van der Waals surface area contributed by atoms with E-state index in [2.05, 4.69) is 15.8 Å². The number of nitrogens with one attached hydrogen (secondary N) is 2. The van der Waals surface area contributed by atoms with Crippen molar-refractivity contribution in [1.29, 1.82) is 0 Å². The quantitative estimate of drug-likeness (QED) is 0.390. The number of carbonyl (C=O) groups is 1. The van der Waals surface area contributed by atoms with E-state index in [-0.39, 0.29) is 0 Å². The van der Waals surface area contributed by atoms with E-state index in [1.165, 1.54) is 0 Å². The zero-order chi connectivity index (χ0) is 18.9. The van der Waals surface area contributed by atoms with Crippen LogP contribution in [-0.2, 0) is 4.79 Å². The lowest BCUT2D eigenvalue weighted by molar-refractivity contribution is -0.139. The predicted octanol–water partition coefficient (Wildman–Crippen LogP) is 2.87. The highest BCUT2D eigenvalue weighted by Gasteiger charge is 2.03. The Labute approximate surface area is 156 Å². The zero-order valence-electron chi connectivity index (χ0n) is 14.4. The molecule has 0 atom stereocenters. The lowest BCUT2D eigenvalue weighted by Gasteiger charge is -2.09. The summed E-state index contributed by atoms with van der Waals surface area (Å²) in [6.45, 7) is 1.41. The third kappa shape index (κ3) is 6.06. The fourth-order valence-corrected chi connectivity index (χ4v) is 2.15. The van der Waals surface area contributed by atoms with Gasteiger partial charge in [-0.1, -0.05) is 12.1 Å². The molecule has 7 nitrogen and oxygen atoms in total. The molecular weight excluding hydrogens is 354 g/mol. The molecular formula is C18H19N3O4S. The van der Waals surface area contributed by atoms with Gasteiger partial charge in [0.05, 0.1) is 12.8 Å². The molecule has 2 rings (SSSR count). The number of hydrogen-bond acceptors (Lipinski definition) is 5. The van der Waals surface area contributed by atoms with Crippen LogP contribution >= 0.6 is 12.2 Å². The van der Waals surface area contributed by atoms with Crippen molar-refractivity contribution in [3.63, 3.8) is 0 Å². The molecule has 0 aliphatic heterocycles. The number of nitrogens with zero attached hydrogens (tertiary/aromatic N) is 1. The van der Waals surface area contributed by atoms with E-state index in [1.807, 2.05) is 30.3 Å². The smallest absolute Gasteiger partial charge is 0.341 e. The maximum Gasteiger partial charge on any atom is 0.341 e. The first-order chi connectivity index (χ1) is 12.5. The number of hydrogen-bond donors (Lipinski definition) is 3. The van der Waals surface area contributed by atoms with E-state index >= 15 is 0 Å². The van der Waals surface area contributed by atoms with Crippen LogP contribution in [0.15, 0.2) is 53.6 Å². The predicted molar refractivity (Wildman–Crippen MR) is 104 cm³/mol. The van der Waals surface area contributed by atoms with E-state index in [1.54, 1.807) is 32.2 Å². The molecule has 0 aliphatic rings. The lowest BCUT2D eigenvalue weighted by Crippen LogP contribution is -2.24. The van der Waals surface area contributed by atoms with Crippen molar-refractivity contribution in [2.75, 3.05) is 19.0 Å². The van der Waals surface area contributed by atoms with E-state index < -0.39 is 12.6 Å². The minimum Gasteiger partial charge on any atom is -0.497 e. The number of aliphatic carboxylic acids is 1. The topological polar surface area (TPSA) is 92.2 Å². The van der Waals surface area contributed by atoms with Crippen molar-refractivity contribution in [1.82, 2.24) is 5.43 Å². The van der Waals surface area contributed by atoms with Gasteiger partial charge in [-0.2, -0.15) is 5.10 Å². The van der Waals surface area contributed by atoms with Gasteiger partial charge in [0, 0.05) is 11.3 Å². The highest BCUT2D eigenvalue weighted by molar-refractivity contribution is 7.80. The van der Waals surface area contributed by atoms with Gasteiger partial charge in [0.1, 0.15) is 11.5 Å². The van der Waals surface area contributed by atoms with Gasteiger partial charge < -0.3 is 19.9 Å². The average Bonchev–Trinajstić information content (AvgIpc) is 2.65. The van der Waals surface area contributed by atoms with Gasteiger partial charge in [0.2, 0.25) is 0 Å². The first-order valence-corrected chi connectivity index (χ1v) is 8.09. The summed E-state index contributed by atoms with van der Waals surface area (Å²) in [5.74, 6) is 0.184. The maximum atomic E-state index is 10.6. The number of carboxylic acid groups (broad SMARTS) is 1. The van der Waals surface area contributed by atoms with E-state index in [9.17, 15) is 4.79 Å². The number of methoxy groups -OCH3 is 1. The summed E-state index contributed by atoms with van der Waals surface area (Å²) in [5.41, 5.74) is 5.03. The number of rotatable bonds is 7. The molecule has 0 aliphatic carbocycles. The third-order valence-corrected chi connectivity index (χ3v) is 3.48. The molecule has 0 spiro atoms. The molecule has 0 bridgehead atoms. The molecule has 0 saturated carbocycles. The van der Waals surface area contributed by atoms with Crippen LogP contribution in [0.4, 0.5) is 5.69 Å². The van der Waals surface area contributed by atoms with Gasteiger partial charge in [0.25, 0.3) is 0 Å². The van der Waals surface area contributed by atoms with Crippen molar-refractivity contribution < 1.29 is 19.4 Å². The van der Waals surface area contributed by atoms with Crippen LogP contribution in [-0.4, -0.2) is 35.6 Å². The van der Waals surface area contributed by atoms with Gasteiger partial charge in [-0.15, -0.1) is 0 Å². The van der Waals surface area contributed by atoms with Crippen LogP contribution in [0.2, 0.25) is 0 Å². The lowest BCUT2D eigenvalue weighted by atomic mass is 10.1. The van der Waals surface area contributed by atoms with Gasteiger partial charge in [0.15, 0.2) is 11.7 Å². The molecule has 0 radical (unpaired) electrons. The van der Waals surface area contributed by atoms with Crippen LogP contribution in [0, 0.1) is 0 Å². The summed E-state index contributed by atoms with van der Waals surface area (Å²) >= 11 is 5.21. The maximum absolute atomic E-state index is 10.6. The molecule has 0 saturated heterocycles. The minimum absolute atomic E-state index is 0.341. The molecule has 0 heterocycles. The number of hydrazone groups is 1.